The third-order valence-electron chi connectivity index (χ3n) is 4.20. The molecule has 1 rings (SSSR count). The summed E-state index contributed by atoms with van der Waals surface area (Å²) in [5.74, 6) is 0.609. The molecule has 0 bridgehead atoms. The number of ether oxygens (including phenoxy) is 1. The smallest absolute Gasteiger partial charge is 0.245 e. The molecule has 0 aromatic rings. The molecule has 0 aromatic heterocycles. The molecule has 0 aromatic carbocycles. The molecule has 1 saturated heterocycles. The van der Waals surface area contributed by atoms with E-state index in [1.165, 1.54) is 0 Å². The second-order valence-corrected chi connectivity index (χ2v) is 7.03. The van der Waals surface area contributed by atoms with Crippen molar-refractivity contribution < 1.29 is 14.3 Å². The van der Waals surface area contributed by atoms with Crippen molar-refractivity contribution in [2.75, 3.05) is 19.7 Å². The minimum absolute atomic E-state index is 0.0243. The lowest BCUT2D eigenvalue weighted by Crippen LogP contribution is -2.55. The van der Waals surface area contributed by atoms with Gasteiger partial charge in [0.2, 0.25) is 11.8 Å². The van der Waals surface area contributed by atoms with Crippen LogP contribution >= 0.6 is 0 Å². The monoisotopic (exact) mass is 312 g/mol. The zero-order valence-corrected chi connectivity index (χ0v) is 14.8. The first-order valence-corrected chi connectivity index (χ1v) is 8.47. The Kier molecular flexibility index (Phi) is 7.33. The third-order valence-corrected chi connectivity index (χ3v) is 4.20. The Morgan fingerprint density at radius 3 is 2.64 bits per heavy atom. The predicted molar refractivity (Wildman–Crippen MR) is 87.5 cm³/mol. The second-order valence-electron chi connectivity index (χ2n) is 7.03. The van der Waals surface area contributed by atoms with Crippen LogP contribution in [0.25, 0.3) is 0 Å². The van der Waals surface area contributed by atoms with Crippen LogP contribution < -0.4 is 5.32 Å². The van der Waals surface area contributed by atoms with Gasteiger partial charge < -0.3 is 15.0 Å². The van der Waals surface area contributed by atoms with Crippen molar-refractivity contribution in [3.63, 3.8) is 0 Å². The summed E-state index contributed by atoms with van der Waals surface area (Å²) in [6.07, 6.45) is 2.97. The van der Waals surface area contributed by atoms with Crippen molar-refractivity contribution in [3.05, 3.63) is 0 Å². The number of nitrogens with zero attached hydrogens (tertiary/aromatic N) is 1. The highest BCUT2D eigenvalue weighted by Crippen LogP contribution is 2.30. The Morgan fingerprint density at radius 2 is 2.05 bits per heavy atom. The number of likely N-dealkylation sites (tertiary alicyclic amines) is 1. The van der Waals surface area contributed by atoms with E-state index < -0.39 is 5.54 Å². The summed E-state index contributed by atoms with van der Waals surface area (Å²) in [5.41, 5.74) is -0.702. The van der Waals surface area contributed by atoms with Crippen LogP contribution in [0.2, 0.25) is 0 Å². The summed E-state index contributed by atoms with van der Waals surface area (Å²) >= 11 is 0. The van der Waals surface area contributed by atoms with E-state index in [-0.39, 0.29) is 17.9 Å². The van der Waals surface area contributed by atoms with Crippen LogP contribution in [0.5, 0.6) is 0 Å². The molecule has 0 aliphatic carbocycles. The average Bonchev–Trinajstić information content (AvgIpc) is 2.71. The van der Waals surface area contributed by atoms with Crippen molar-refractivity contribution in [2.24, 2.45) is 5.92 Å². The van der Waals surface area contributed by atoms with E-state index in [0.717, 1.165) is 12.8 Å². The molecule has 22 heavy (non-hydrogen) atoms. The summed E-state index contributed by atoms with van der Waals surface area (Å²) in [5, 5.41) is 2.99. The Bertz CT molecular complexity index is 382. The van der Waals surface area contributed by atoms with Crippen LogP contribution in [0, 0.1) is 5.92 Å². The van der Waals surface area contributed by atoms with Crippen LogP contribution in [-0.4, -0.2) is 48.1 Å². The predicted octanol–water partition coefficient (Wildman–Crippen LogP) is 2.34. The molecule has 1 unspecified atom stereocenters. The van der Waals surface area contributed by atoms with Crippen molar-refractivity contribution in [3.8, 4) is 0 Å². The highest BCUT2D eigenvalue weighted by atomic mass is 16.5. The van der Waals surface area contributed by atoms with Crippen molar-refractivity contribution >= 4 is 11.8 Å². The van der Waals surface area contributed by atoms with Gasteiger partial charge in [0, 0.05) is 26.1 Å². The number of hydrogen-bond acceptors (Lipinski definition) is 3. The fourth-order valence-corrected chi connectivity index (χ4v) is 2.71. The maximum absolute atomic E-state index is 12.5. The number of nitrogens with one attached hydrogen (secondary N) is 1. The number of carbonyl (C=O) groups is 2. The van der Waals surface area contributed by atoms with E-state index in [9.17, 15) is 9.59 Å². The van der Waals surface area contributed by atoms with Crippen LogP contribution in [0.15, 0.2) is 0 Å². The lowest BCUT2D eigenvalue weighted by Gasteiger charge is -2.34. The molecule has 0 saturated carbocycles. The Morgan fingerprint density at radius 1 is 1.36 bits per heavy atom. The SMILES string of the molecule is CC(C)CCNC(=O)C1(C)CCC(=O)N1CCCOC(C)C. The Labute approximate surface area is 134 Å². The van der Waals surface area contributed by atoms with E-state index in [2.05, 4.69) is 19.2 Å². The maximum atomic E-state index is 12.5. The summed E-state index contributed by atoms with van der Waals surface area (Å²) in [6.45, 7) is 12.0. The van der Waals surface area contributed by atoms with Gasteiger partial charge in [-0.05, 0) is 46.0 Å². The first-order chi connectivity index (χ1) is 10.3. The largest absolute Gasteiger partial charge is 0.379 e. The van der Waals surface area contributed by atoms with Gasteiger partial charge in [-0.1, -0.05) is 13.8 Å². The van der Waals surface area contributed by atoms with Crippen molar-refractivity contribution in [2.45, 2.75) is 71.9 Å². The quantitative estimate of drug-likeness (QED) is 0.665. The van der Waals surface area contributed by atoms with E-state index in [0.29, 0.717) is 38.5 Å². The van der Waals surface area contributed by atoms with Crippen LogP contribution in [-0.2, 0) is 14.3 Å². The first kappa shape index (κ1) is 18.9. The van der Waals surface area contributed by atoms with Gasteiger partial charge in [-0.25, -0.2) is 0 Å². The molecule has 1 aliphatic heterocycles. The lowest BCUT2D eigenvalue weighted by molar-refractivity contribution is -0.140. The first-order valence-electron chi connectivity index (χ1n) is 8.47. The number of carbonyl (C=O) groups excluding carboxylic acids is 2. The van der Waals surface area contributed by atoms with E-state index >= 15 is 0 Å². The molecule has 2 amide bonds. The van der Waals surface area contributed by atoms with Gasteiger partial charge >= 0.3 is 0 Å². The minimum Gasteiger partial charge on any atom is -0.379 e. The molecule has 1 atom stereocenters. The van der Waals surface area contributed by atoms with Crippen molar-refractivity contribution in [1.82, 2.24) is 10.2 Å². The van der Waals surface area contributed by atoms with Crippen LogP contribution in [0.4, 0.5) is 0 Å². The summed E-state index contributed by atoms with van der Waals surface area (Å²) in [7, 11) is 0. The molecule has 1 heterocycles. The molecule has 1 aliphatic rings. The van der Waals surface area contributed by atoms with Gasteiger partial charge in [-0.2, -0.15) is 0 Å². The minimum atomic E-state index is -0.702. The fourth-order valence-electron chi connectivity index (χ4n) is 2.71. The summed E-state index contributed by atoms with van der Waals surface area (Å²) < 4.78 is 5.52. The highest BCUT2D eigenvalue weighted by Gasteiger charge is 2.46. The number of hydrogen-bond donors (Lipinski definition) is 1. The normalized spacial score (nSPS) is 22.0. The van der Waals surface area contributed by atoms with Gasteiger partial charge in [-0.15, -0.1) is 0 Å². The molecular weight excluding hydrogens is 280 g/mol. The molecule has 0 radical (unpaired) electrons. The molecule has 5 heteroatoms. The standard InChI is InChI=1S/C17H32N2O3/c1-13(2)8-10-18-16(21)17(5)9-7-15(20)19(17)11-6-12-22-14(3)4/h13-14H,6-12H2,1-5H3,(H,18,21). The Hall–Kier alpha value is -1.10. The topological polar surface area (TPSA) is 58.6 Å². The number of amides is 2. The summed E-state index contributed by atoms with van der Waals surface area (Å²) in [4.78, 5) is 26.4. The fraction of sp³-hybridized carbons (Fsp3) is 0.882. The Balaban J connectivity index is 2.53. The molecule has 128 valence electrons. The zero-order valence-electron chi connectivity index (χ0n) is 14.8. The molecule has 1 fully saturated rings. The highest BCUT2D eigenvalue weighted by molar-refractivity contribution is 5.94. The molecule has 0 spiro atoms. The van der Waals surface area contributed by atoms with Crippen LogP contribution in [0.3, 0.4) is 0 Å². The summed E-state index contributed by atoms with van der Waals surface area (Å²) in [6, 6.07) is 0. The van der Waals surface area contributed by atoms with Gasteiger partial charge in [0.05, 0.1) is 6.10 Å². The number of rotatable bonds is 9. The second kappa shape index (κ2) is 8.51. The maximum Gasteiger partial charge on any atom is 0.245 e. The van der Waals surface area contributed by atoms with Gasteiger partial charge in [0.25, 0.3) is 0 Å². The molecule has 5 nitrogen and oxygen atoms in total. The third kappa shape index (κ3) is 5.27. The van der Waals surface area contributed by atoms with Crippen LogP contribution in [0.1, 0.15) is 60.3 Å². The molecular formula is C17H32N2O3. The molecule has 1 N–H and O–H groups in total. The average molecular weight is 312 g/mol. The van der Waals surface area contributed by atoms with Gasteiger partial charge in [-0.3, -0.25) is 9.59 Å². The zero-order chi connectivity index (χ0) is 16.8. The van der Waals surface area contributed by atoms with E-state index in [1.807, 2.05) is 20.8 Å². The van der Waals surface area contributed by atoms with E-state index in [4.69, 9.17) is 4.74 Å². The lowest BCUT2D eigenvalue weighted by atomic mass is 9.97. The van der Waals surface area contributed by atoms with Gasteiger partial charge in [0.1, 0.15) is 5.54 Å². The van der Waals surface area contributed by atoms with E-state index in [1.54, 1.807) is 4.90 Å². The van der Waals surface area contributed by atoms with Crippen molar-refractivity contribution in [1.29, 1.82) is 0 Å². The van der Waals surface area contributed by atoms with Gasteiger partial charge in [0.15, 0.2) is 0 Å².